The molecule has 0 aromatic heterocycles. The highest BCUT2D eigenvalue weighted by atomic mass is 32.2. The summed E-state index contributed by atoms with van der Waals surface area (Å²) < 4.78 is 40.8. The fourth-order valence-corrected chi connectivity index (χ4v) is 4.28. The lowest BCUT2D eigenvalue weighted by molar-refractivity contribution is 0.187. The van der Waals surface area contributed by atoms with Crippen molar-refractivity contribution in [3.05, 3.63) is 78.4 Å². The summed E-state index contributed by atoms with van der Waals surface area (Å²) in [6.07, 6.45) is 0.765. The molecule has 0 heterocycles. The van der Waals surface area contributed by atoms with Crippen LogP contribution in [0.15, 0.2) is 77.7 Å². The Morgan fingerprint density at radius 2 is 1.54 bits per heavy atom. The Kier molecular flexibility index (Phi) is 8.59. The first-order valence-electron chi connectivity index (χ1n) is 11.2. The van der Waals surface area contributed by atoms with Gasteiger partial charge in [0, 0.05) is 12.6 Å². The van der Waals surface area contributed by atoms with Crippen molar-refractivity contribution in [1.29, 1.82) is 0 Å². The zero-order chi connectivity index (χ0) is 25.4. The van der Waals surface area contributed by atoms with Gasteiger partial charge < -0.3 is 23.9 Å². The summed E-state index contributed by atoms with van der Waals surface area (Å²) in [6.45, 7) is 4.32. The molecule has 0 saturated heterocycles. The van der Waals surface area contributed by atoms with Crippen molar-refractivity contribution < 1.29 is 26.9 Å². The van der Waals surface area contributed by atoms with E-state index in [1.807, 2.05) is 26.0 Å². The van der Waals surface area contributed by atoms with Gasteiger partial charge in [0.15, 0.2) is 0 Å². The van der Waals surface area contributed by atoms with Crippen molar-refractivity contribution in [3.8, 4) is 17.2 Å². The van der Waals surface area contributed by atoms with Gasteiger partial charge in [0.25, 0.3) is 0 Å². The molecule has 0 saturated carbocycles. The first kappa shape index (κ1) is 25.9. The molecule has 0 bridgehead atoms. The number of urea groups is 1. The van der Waals surface area contributed by atoms with Crippen LogP contribution in [0.3, 0.4) is 0 Å². The molecule has 3 rings (SSSR count). The summed E-state index contributed by atoms with van der Waals surface area (Å²) in [5.74, 6) is 1.30. The Bertz CT molecular complexity index is 1230. The molecule has 0 fully saturated rings. The normalized spacial score (nSPS) is 11.9. The second kappa shape index (κ2) is 11.6. The molecule has 0 aliphatic carbocycles. The van der Waals surface area contributed by atoms with Gasteiger partial charge in [-0.15, -0.1) is 0 Å². The Labute approximate surface area is 206 Å². The second-order valence-electron chi connectivity index (χ2n) is 7.87. The summed E-state index contributed by atoms with van der Waals surface area (Å²) in [4.78, 5) is 14.8. The standard InChI is InChI=1S/C26H30N2O6S/c1-5-19(2)28(26(29)27-24-8-6-7-9-25(24)33-4)18-20-10-12-22(13-11-20)34-35(30,31)23-16-14-21(32-3)15-17-23/h6-17,19H,5,18H2,1-4H3,(H,27,29). The van der Waals surface area contributed by atoms with Crippen LogP contribution in [-0.4, -0.2) is 39.6 Å². The number of carbonyl (C=O) groups excluding carboxylic acids is 1. The summed E-state index contributed by atoms with van der Waals surface area (Å²) in [5, 5.41) is 2.91. The third-order valence-corrected chi connectivity index (χ3v) is 6.82. The van der Waals surface area contributed by atoms with E-state index in [1.165, 1.54) is 19.2 Å². The number of nitrogens with one attached hydrogen (secondary N) is 1. The fraction of sp³-hybridized carbons (Fsp3) is 0.269. The van der Waals surface area contributed by atoms with Gasteiger partial charge >= 0.3 is 16.1 Å². The number of benzene rings is 3. The van der Waals surface area contributed by atoms with Crippen LogP contribution in [0.4, 0.5) is 10.5 Å². The molecule has 0 aliphatic rings. The van der Waals surface area contributed by atoms with E-state index >= 15 is 0 Å². The largest absolute Gasteiger partial charge is 0.497 e. The molecule has 0 aliphatic heterocycles. The number of nitrogens with zero attached hydrogens (tertiary/aromatic N) is 1. The summed E-state index contributed by atoms with van der Waals surface area (Å²) in [7, 11) is -0.931. The second-order valence-corrected chi connectivity index (χ2v) is 9.42. The highest BCUT2D eigenvalue weighted by molar-refractivity contribution is 7.87. The number of hydrogen-bond acceptors (Lipinski definition) is 6. The number of amides is 2. The van der Waals surface area contributed by atoms with Gasteiger partial charge in [-0.2, -0.15) is 8.42 Å². The lowest BCUT2D eigenvalue weighted by atomic mass is 10.1. The van der Waals surface area contributed by atoms with Gasteiger partial charge in [0.1, 0.15) is 22.1 Å². The first-order valence-corrected chi connectivity index (χ1v) is 12.6. The zero-order valence-corrected chi connectivity index (χ0v) is 21.0. The van der Waals surface area contributed by atoms with E-state index in [1.54, 1.807) is 60.5 Å². The summed E-state index contributed by atoms with van der Waals surface area (Å²) in [6, 6.07) is 19.5. The van der Waals surface area contributed by atoms with Crippen LogP contribution in [0, 0.1) is 0 Å². The molecule has 9 heteroatoms. The van der Waals surface area contributed by atoms with E-state index in [-0.39, 0.29) is 22.7 Å². The maximum Gasteiger partial charge on any atom is 0.339 e. The maximum atomic E-state index is 13.1. The number of para-hydroxylation sites is 2. The molecule has 35 heavy (non-hydrogen) atoms. The van der Waals surface area contributed by atoms with Crippen molar-refractivity contribution in [3.63, 3.8) is 0 Å². The van der Waals surface area contributed by atoms with E-state index < -0.39 is 10.1 Å². The third kappa shape index (κ3) is 6.66. The Morgan fingerprint density at radius 3 is 2.14 bits per heavy atom. The van der Waals surface area contributed by atoms with Crippen molar-refractivity contribution >= 4 is 21.8 Å². The Hall–Kier alpha value is -3.72. The summed E-state index contributed by atoms with van der Waals surface area (Å²) >= 11 is 0. The van der Waals surface area contributed by atoms with Crippen LogP contribution in [0.1, 0.15) is 25.8 Å². The number of methoxy groups -OCH3 is 2. The molecule has 1 N–H and O–H groups in total. The van der Waals surface area contributed by atoms with Crippen LogP contribution in [-0.2, 0) is 16.7 Å². The van der Waals surface area contributed by atoms with Crippen molar-refractivity contribution in [2.45, 2.75) is 37.8 Å². The Morgan fingerprint density at radius 1 is 0.914 bits per heavy atom. The molecule has 2 amide bonds. The molecular formula is C26H30N2O6S. The quantitative estimate of drug-likeness (QED) is 0.381. The molecule has 186 valence electrons. The van der Waals surface area contributed by atoms with Crippen molar-refractivity contribution in [2.75, 3.05) is 19.5 Å². The predicted molar refractivity (Wildman–Crippen MR) is 135 cm³/mol. The van der Waals surface area contributed by atoms with Crippen LogP contribution >= 0.6 is 0 Å². The number of hydrogen-bond donors (Lipinski definition) is 1. The van der Waals surface area contributed by atoms with Gasteiger partial charge in [0.05, 0.1) is 19.9 Å². The number of carbonyl (C=O) groups is 1. The van der Waals surface area contributed by atoms with Crippen LogP contribution in [0.2, 0.25) is 0 Å². The zero-order valence-electron chi connectivity index (χ0n) is 20.2. The topological polar surface area (TPSA) is 94.2 Å². The number of rotatable bonds is 10. The molecule has 3 aromatic rings. The SMILES string of the molecule is CCC(C)N(Cc1ccc(OS(=O)(=O)c2ccc(OC)cc2)cc1)C(=O)Nc1ccccc1OC. The highest BCUT2D eigenvalue weighted by Crippen LogP contribution is 2.25. The molecular weight excluding hydrogens is 468 g/mol. The van der Waals surface area contributed by atoms with E-state index in [9.17, 15) is 13.2 Å². The van der Waals surface area contributed by atoms with Crippen LogP contribution in [0.5, 0.6) is 17.2 Å². The average molecular weight is 499 g/mol. The van der Waals surface area contributed by atoms with Gasteiger partial charge in [-0.3, -0.25) is 0 Å². The van der Waals surface area contributed by atoms with Gasteiger partial charge in [-0.1, -0.05) is 31.2 Å². The van der Waals surface area contributed by atoms with Crippen LogP contribution in [0.25, 0.3) is 0 Å². The minimum absolute atomic E-state index is 0.0262. The van der Waals surface area contributed by atoms with Gasteiger partial charge in [0.2, 0.25) is 0 Å². The molecule has 3 aromatic carbocycles. The molecule has 1 atom stereocenters. The van der Waals surface area contributed by atoms with E-state index in [0.29, 0.717) is 23.7 Å². The van der Waals surface area contributed by atoms with Crippen molar-refractivity contribution in [1.82, 2.24) is 4.90 Å². The third-order valence-electron chi connectivity index (χ3n) is 5.56. The lowest BCUT2D eigenvalue weighted by Gasteiger charge is -2.29. The maximum absolute atomic E-state index is 13.1. The lowest BCUT2D eigenvalue weighted by Crippen LogP contribution is -2.40. The van der Waals surface area contributed by atoms with E-state index in [2.05, 4.69) is 5.32 Å². The predicted octanol–water partition coefficient (Wildman–Crippen LogP) is 5.30. The highest BCUT2D eigenvalue weighted by Gasteiger charge is 2.21. The molecule has 8 nitrogen and oxygen atoms in total. The minimum atomic E-state index is -3.99. The summed E-state index contributed by atoms with van der Waals surface area (Å²) in [5.41, 5.74) is 1.41. The Balaban J connectivity index is 1.72. The molecule has 0 spiro atoms. The van der Waals surface area contributed by atoms with Crippen molar-refractivity contribution in [2.24, 2.45) is 0 Å². The molecule has 0 radical (unpaired) electrons. The van der Waals surface area contributed by atoms with Gasteiger partial charge in [-0.05, 0) is 67.4 Å². The smallest absolute Gasteiger partial charge is 0.339 e. The van der Waals surface area contributed by atoms with Gasteiger partial charge in [-0.25, -0.2) is 4.79 Å². The van der Waals surface area contributed by atoms with E-state index in [0.717, 1.165) is 12.0 Å². The first-order chi connectivity index (χ1) is 16.8. The fourth-order valence-electron chi connectivity index (χ4n) is 3.35. The number of ether oxygens (including phenoxy) is 2. The van der Waals surface area contributed by atoms with E-state index in [4.69, 9.17) is 13.7 Å². The van der Waals surface area contributed by atoms with Crippen LogP contribution < -0.4 is 19.0 Å². The number of anilines is 1. The minimum Gasteiger partial charge on any atom is -0.497 e. The monoisotopic (exact) mass is 498 g/mol. The molecule has 1 unspecified atom stereocenters. The average Bonchev–Trinajstić information content (AvgIpc) is 2.87.